The predicted octanol–water partition coefficient (Wildman–Crippen LogP) is 2.02. The number of imide groups is 1. The third-order valence-electron chi connectivity index (χ3n) is 5.13. The van der Waals surface area contributed by atoms with E-state index in [-0.39, 0.29) is 12.3 Å². The van der Waals surface area contributed by atoms with Crippen molar-refractivity contribution < 1.29 is 31.7 Å². The van der Waals surface area contributed by atoms with Crippen molar-refractivity contribution in [2.45, 2.75) is 18.9 Å². The number of urea groups is 1. The molecule has 164 valence electrons. The van der Waals surface area contributed by atoms with E-state index in [1.54, 1.807) is 43.3 Å². The van der Waals surface area contributed by atoms with E-state index in [1.165, 1.54) is 12.1 Å². The third-order valence-corrected chi connectivity index (χ3v) is 6.26. The quantitative estimate of drug-likeness (QED) is 0.534. The van der Waals surface area contributed by atoms with Gasteiger partial charge in [0.05, 0.1) is 13.2 Å². The van der Waals surface area contributed by atoms with Crippen molar-refractivity contribution >= 4 is 22.1 Å². The molecule has 0 bridgehead atoms. The van der Waals surface area contributed by atoms with Crippen LogP contribution in [0.3, 0.4) is 0 Å². The van der Waals surface area contributed by atoms with Crippen LogP contribution in [-0.4, -0.2) is 50.8 Å². The Balaban J connectivity index is 1.49. The lowest BCUT2D eigenvalue weighted by Gasteiger charge is -2.23. The molecule has 1 fully saturated rings. The number of ether oxygens (including phenoxy) is 2. The lowest BCUT2D eigenvalue weighted by molar-refractivity contribution is -0.130. The summed E-state index contributed by atoms with van der Waals surface area (Å²) in [7, 11) is -4.00. The fourth-order valence-corrected chi connectivity index (χ4v) is 4.33. The monoisotopic (exact) mass is 446 g/mol. The summed E-state index contributed by atoms with van der Waals surface area (Å²) in [6.45, 7) is 2.26. The van der Waals surface area contributed by atoms with E-state index < -0.39 is 33.3 Å². The molecule has 10 heteroatoms. The standard InChI is InChI=1S/C21H22N2O7S/c1-21(15-8-9-17-18(14-15)29-12-5-11-28-17)19(24)23(20(25)22-21)10-13-31(26,27)30-16-6-3-2-4-7-16/h2-4,6-9,14H,5,10-13H2,1H3,(H,22,25)/t21-/m0/s1. The smallest absolute Gasteiger partial charge is 0.325 e. The number of carbonyl (C=O) groups excluding carboxylic acids is 2. The first-order valence-corrected chi connectivity index (χ1v) is 11.4. The van der Waals surface area contributed by atoms with Gasteiger partial charge < -0.3 is 19.0 Å². The molecule has 3 amide bonds. The number of hydrogen-bond acceptors (Lipinski definition) is 7. The maximum Gasteiger partial charge on any atom is 0.325 e. The molecular formula is C21H22N2O7S. The van der Waals surface area contributed by atoms with Gasteiger partial charge in [-0.3, -0.25) is 9.69 Å². The van der Waals surface area contributed by atoms with Crippen LogP contribution in [-0.2, 0) is 20.5 Å². The second kappa shape index (κ2) is 8.10. The molecule has 31 heavy (non-hydrogen) atoms. The molecule has 2 aliphatic rings. The van der Waals surface area contributed by atoms with Gasteiger partial charge in [0.25, 0.3) is 5.91 Å². The topological polar surface area (TPSA) is 111 Å². The zero-order chi connectivity index (χ0) is 22.1. The van der Waals surface area contributed by atoms with E-state index >= 15 is 0 Å². The number of hydrogen-bond donors (Lipinski definition) is 1. The molecule has 9 nitrogen and oxygen atoms in total. The Labute approximate surface area is 180 Å². The fraction of sp³-hybridized carbons (Fsp3) is 0.333. The van der Waals surface area contributed by atoms with Crippen molar-refractivity contribution in [3.05, 3.63) is 54.1 Å². The van der Waals surface area contributed by atoms with Crippen molar-refractivity contribution in [1.29, 1.82) is 0 Å². The molecule has 1 atom stereocenters. The number of carbonyl (C=O) groups is 2. The highest BCUT2D eigenvalue weighted by Gasteiger charge is 2.49. The number of nitrogens with zero attached hydrogens (tertiary/aromatic N) is 1. The van der Waals surface area contributed by atoms with Crippen LogP contribution in [0.5, 0.6) is 17.2 Å². The molecule has 2 heterocycles. The minimum absolute atomic E-state index is 0.164. The molecule has 0 spiro atoms. The lowest BCUT2D eigenvalue weighted by atomic mass is 9.91. The summed E-state index contributed by atoms with van der Waals surface area (Å²) in [4.78, 5) is 26.5. The van der Waals surface area contributed by atoms with Gasteiger partial charge >= 0.3 is 16.1 Å². The minimum atomic E-state index is -4.00. The summed E-state index contributed by atoms with van der Waals surface area (Å²) < 4.78 is 40.8. The highest BCUT2D eigenvalue weighted by molar-refractivity contribution is 7.87. The maximum atomic E-state index is 13.1. The Hall–Kier alpha value is -3.27. The van der Waals surface area contributed by atoms with Gasteiger partial charge in [0.2, 0.25) is 0 Å². The van der Waals surface area contributed by atoms with Crippen LogP contribution < -0.4 is 19.0 Å². The van der Waals surface area contributed by atoms with E-state index in [0.717, 1.165) is 11.3 Å². The van der Waals surface area contributed by atoms with Gasteiger partial charge in [-0.05, 0) is 36.8 Å². The van der Waals surface area contributed by atoms with Crippen molar-refractivity contribution in [3.8, 4) is 17.2 Å². The number of amides is 3. The van der Waals surface area contributed by atoms with E-state index in [2.05, 4.69) is 5.32 Å². The second-order valence-corrected chi connectivity index (χ2v) is 9.07. The Morgan fingerprint density at radius 1 is 1.06 bits per heavy atom. The molecule has 0 radical (unpaired) electrons. The largest absolute Gasteiger partial charge is 0.490 e. The average molecular weight is 446 g/mol. The Kier molecular flexibility index (Phi) is 5.48. The van der Waals surface area contributed by atoms with Crippen LogP contribution in [0.1, 0.15) is 18.9 Å². The van der Waals surface area contributed by atoms with Gasteiger partial charge in [-0.15, -0.1) is 0 Å². The van der Waals surface area contributed by atoms with Gasteiger partial charge in [0, 0.05) is 13.0 Å². The number of benzene rings is 2. The first kappa shape index (κ1) is 21.0. The Morgan fingerprint density at radius 2 is 1.77 bits per heavy atom. The maximum absolute atomic E-state index is 13.1. The van der Waals surface area contributed by atoms with E-state index in [0.29, 0.717) is 30.3 Å². The Bertz CT molecular complexity index is 1100. The first-order chi connectivity index (χ1) is 14.8. The van der Waals surface area contributed by atoms with Gasteiger partial charge in [0.1, 0.15) is 17.0 Å². The molecule has 4 rings (SSSR count). The van der Waals surface area contributed by atoms with Crippen LogP contribution in [0.25, 0.3) is 0 Å². The highest BCUT2D eigenvalue weighted by Crippen LogP contribution is 2.36. The molecule has 1 N–H and O–H groups in total. The van der Waals surface area contributed by atoms with Crippen molar-refractivity contribution in [3.63, 3.8) is 0 Å². The van der Waals surface area contributed by atoms with Crippen LogP contribution in [0.2, 0.25) is 0 Å². The second-order valence-electron chi connectivity index (χ2n) is 7.38. The molecule has 2 aromatic rings. The summed E-state index contributed by atoms with van der Waals surface area (Å²) >= 11 is 0. The summed E-state index contributed by atoms with van der Waals surface area (Å²) in [5.41, 5.74) is -0.841. The summed E-state index contributed by atoms with van der Waals surface area (Å²) in [5.74, 6) is 0.148. The number of rotatable bonds is 6. The summed E-state index contributed by atoms with van der Waals surface area (Å²) in [5, 5.41) is 2.66. The van der Waals surface area contributed by atoms with Gasteiger partial charge in [-0.1, -0.05) is 24.3 Å². The molecule has 0 saturated carbocycles. The zero-order valence-electron chi connectivity index (χ0n) is 16.9. The average Bonchev–Trinajstić information content (AvgIpc) is 2.89. The van der Waals surface area contributed by atoms with E-state index in [9.17, 15) is 18.0 Å². The normalized spacial score (nSPS) is 20.9. The molecule has 0 unspecified atom stereocenters. The summed E-state index contributed by atoms with van der Waals surface area (Å²) in [6, 6.07) is 12.4. The third kappa shape index (κ3) is 4.29. The minimum Gasteiger partial charge on any atom is -0.490 e. The van der Waals surface area contributed by atoms with Gasteiger partial charge in [-0.2, -0.15) is 8.42 Å². The number of fused-ring (bicyclic) bond motifs is 1. The van der Waals surface area contributed by atoms with E-state index in [4.69, 9.17) is 13.7 Å². The zero-order valence-corrected chi connectivity index (χ0v) is 17.7. The fourth-order valence-electron chi connectivity index (χ4n) is 3.44. The van der Waals surface area contributed by atoms with Crippen LogP contribution in [0.4, 0.5) is 4.79 Å². The molecule has 2 aromatic carbocycles. The van der Waals surface area contributed by atoms with Crippen molar-refractivity contribution in [1.82, 2.24) is 10.2 Å². The molecule has 0 aromatic heterocycles. The predicted molar refractivity (Wildman–Crippen MR) is 111 cm³/mol. The van der Waals surface area contributed by atoms with Crippen molar-refractivity contribution in [2.24, 2.45) is 0 Å². The lowest BCUT2D eigenvalue weighted by Crippen LogP contribution is -2.41. The summed E-state index contributed by atoms with van der Waals surface area (Å²) in [6.07, 6.45) is 0.740. The van der Waals surface area contributed by atoms with Crippen molar-refractivity contribution in [2.75, 3.05) is 25.5 Å². The number of nitrogens with one attached hydrogen (secondary N) is 1. The molecular weight excluding hydrogens is 424 g/mol. The molecule has 1 saturated heterocycles. The van der Waals surface area contributed by atoms with E-state index in [1.807, 2.05) is 0 Å². The number of para-hydroxylation sites is 1. The van der Waals surface area contributed by atoms with Gasteiger partial charge in [-0.25, -0.2) is 4.79 Å². The SMILES string of the molecule is C[C@@]1(c2ccc3c(c2)OCCCO3)NC(=O)N(CCS(=O)(=O)Oc2ccccc2)C1=O. The van der Waals surface area contributed by atoms with Gasteiger partial charge in [0.15, 0.2) is 11.5 Å². The first-order valence-electron chi connectivity index (χ1n) is 9.80. The van der Waals surface area contributed by atoms with Crippen LogP contribution >= 0.6 is 0 Å². The highest BCUT2D eigenvalue weighted by atomic mass is 32.2. The molecule has 2 aliphatic heterocycles. The van der Waals surface area contributed by atoms with Crippen LogP contribution in [0, 0.1) is 0 Å². The van der Waals surface area contributed by atoms with Crippen LogP contribution in [0.15, 0.2) is 48.5 Å². The Morgan fingerprint density at radius 3 is 2.52 bits per heavy atom. The molecule has 0 aliphatic carbocycles.